The summed E-state index contributed by atoms with van der Waals surface area (Å²) >= 11 is 4.52. The smallest absolute Gasteiger partial charge is 0.340 e. The lowest BCUT2D eigenvalue weighted by molar-refractivity contribution is -0.150. The fourth-order valence-electron chi connectivity index (χ4n) is 0.699. The number of methoxy groups -OCH3 is 1. The number of aliphatic hydroxyl groups excluding tert-OH is 1. The predicted octanol–water partition coefficient (Wildman–Crippen LogP) is 1.72. The van der Waals surface area contributed by atoms with Gasteiger partial charge < -0.3 is 9.84 Å². The lowest BCUT2D eigenvalue weighted by Gasteiger charge is -2.03. The quantitative estimate of drug-likeness (QED) is 0.814. The van der Waals surface area contributed by atoms with Gasteiger partial charge in [-0.3, -0.25) is 0 Å². The second-order valence-corrected chi connectivity index (χ2v) is 3.95. The first-order valence-corrected chi connectivity index (χ1v) is 4.82. The van der Waals surface area contributed by atoms with Gasteiger partial charge in [-0.15, -0.1) is 11.3 Å². The highest BCUT2D eigenvalue weighted by Gasteiger charge is 2.19. The maximum Gasteiger partial charge on any atom is 0.340 e. The summed E-state index contributed by atoms with van der Waals surface area (Å²) in [6.45, 7) is 0. The van der Waals surface area contributed by atoms with Gasteiger partial charge in [-0.2, -0.15) is 0 Å². The minimum atomic E-state index is -1.16. The van der Waals surface area contributed by atoms with Crippen LogP contribution in [0.3, 0.4) is 0 Å². The van der Waals surface area contributed by atoms with E-state index >= 15 is 0 Å². The van der Waals surface area contributed by atoms with Crippen molar-refractivity contribution in [2.24, 2.45) is 0 Å². The molecule has 0 saturated carbocycles. The number of esters is 1. The van der Waals surface area contributed by atoms with Gasteiger partial charge in [-0.05, 0) is 22.0 Å². The Morgan fingerprint density at radius 2 is 2.50 bits per heavy atom. The Balaban J connectivity index is 2.77. The van der Waals surface area contributed by atoms with E-state index in [0.717, 1.165) is 4.47 Å². The summed E-state index contributed by atoms with van der Waals surface area (Å²) in [6.07, 6.45) is -1.16. The number of rotatable bonds is 2. The summed E-state index contributed by atoms with van der Waals surface area (Å²) in [6, 6.07) is 1.69. The molecule has 1 aromatic heterocycles. The molecule has 0 saturated heterocycles. The first kappa shape index (κ1) is 9.70. The van der Waals surface area contributed by atoms with E-state index < -0.39 is 12.1 Å². The van der Waals surface area contributed by atoms with Crippen molar-refractivity contribution in [1.29, 1.82) is 0 Å². The third-order valence-corrected chi connectivity index (χ3v) is 3.03. The van der Waals surface area contributed by atoms with E-state index in [-0.39, 0.29) is 0 Å². The van der Waals surface area contributed by atoms with Crippen molar-refractivity contribution in [3.05, 3.63) is 20.8 Å². The number of carbonyl (C=O) groups is 1. The second kappa shape index (κ2) is 4.02. The van der Waals surface area contributed by atoms with Crippen LogP contribution in [0, 0.1) is 0 Å². The Bertz CT molecular complexity index is 284. The summed E-state index contributed by atoms with van der Waals surface area (Å²) < 4.78 is 5.23. The molecule has 5 heteroatoms. The van der Waals surface area contributed by atoms with E-state index in [4.69, 9.17) is 0 Å². The van der Waals surface area contributed by atoms with Crippen molar-refractivity contribution in [3.63, 3.8) is 0 Å². The van der Waals surface area contributed by atoms with Crippen LogP contribution in [0.2, 0.25) is 0 Å². The van der Waals surface area contributed by atoms with Gasteiger partial charge in [0.2, 0.25) is 0 Å². The van der Waals surface area contributed by atoms with Crippen LogP contribution in [0.25, 0.3) is 0 Å². The van der Waals surface area contributed by atoms with Gasteiger partial charge in [0.25, 0.3) is 0 Å². The van der Waals surface area contributed by atoms with Crippen LogP contribution in [0.1, 0.15) is 11.0 Å². The van der Waals surface area contributed by atoms with Gasteiger partial charge in [0, 0.05) is 14.7 Å². The molecule has 3 nitrogen and oxygen atoms in total. The second-order valence-electron chi connectivity index (χ2n) is 2.09. The number of aliphatic hydroxyl groups is 1. The van der Waals surface area contributed by atoms with E-state index in [9.17, 15) is 9.90 Å². The third kappa shape index (κ3) is 2.06. The first-order valence-electron chi connectivity index (χ1n) is 3.15. The van der Waals surface area contributed by atoms with E-state index in [1.165, 1.54) is 18.4 Å². The van der Waals surface area contributed by atoms with Crippen molar-refractivity contribution in [3.8, 4) is 0 Å². The van der Waals surface area contributed by atoms with Crippen molar-refractivity contribution in [1.82, 2.24) is 0 Å². The summed E-state index contributed by atoms with van der Waals surface area (Å²) in [5.41, 5.74) is 0. The van der Waals surface area contributed by atoms with Crippen LogP contribution in [0.5, 0.6) is 0 Å². The Kier molecular flexibility index (Phi) is 3.25. The average Bonchev–Trinajstić information content (AvgIpc) is 2.49. The number of thiophene rings is 1. The molecule has 1 unspecified atom stereocenters. The molecule has 0 aliphatic rings. The van der Waals surface area contributed by atoms with Crippen LogP contribution >= 0.6 is 27.3 Å². The molecule has 1 heterocycles. The third-order valence-electron chi connectivity index (χ3n) is 1.28. The first-order chi connectivity index (χ1) is 5.65. The van der Waals surface area contributed by atoms with Crippen LogP contribution in [-0.2, 0) is 9.53 Å². The molecule has 0 spiro atoms. The summed E-state index contributed by atoms with van der Waals surface area (Å²) in [4.78, 5) is 11.4. The summed E-state index contributed by atoms with van der Waals surface area (Å²) in [5.74, 6) is -0.635. The number of ether oxygens (including phenoxy) is 1. The standard InChI is InChI=1S/C7H7BrO3S/c1-11-7(10)6(9)5-2-4(8)3-12-5/h2-3,6,9H,1H3. The molecular weight excluding hydrogens is 244 g/mol. The number of hydrogen-bond acceptors (Lipinski definition) is 4. The van der Waals surface area contributed by atoms with Gasteiger partial charge in [0.1, 0.15) is 0 Å². The SMILES string of the molecule is COC(=O)C(O)c1cc(Br)cs1. The fraction of sp³-hybridized carbons (Fsp3) is 0.286. The Labute approximate surface area is 82.1 Å². The van der Waals surface area contributed by atoms with Gasteiger partial charge >= 0.3 is 5.97 Å². The number of halogens is 1. The van der Waals surface area contributed by atoms with E-state index in [0.29, 0.717) is 4.88 Å². The minimum Gasteiger partial charge on any atom is -0.467 e. The maximum absolute atomic E-state index is 10.8. The molecule has 0 aliphatic heterocycles. The molecule has 0 aliphatic carbocycles. The van der Waals surface area contributed by atoms with E-state index in [1.54, 1.807) is 11.4 Å². The zero-order valence-electron chi connectivity index (χ0n) is 6.28. The van der Waals surface area contributed by atoms with Gasteiger partial charge in [0.15, 0.2) is 6.10 Å². The summed E-state index contributed by atoms with van der Waals surface area (Å²) in [5, 5.41) is 11.1. The molecule has 0 bridgehead atoms. The highest BCUT2D eigenvalue weighted by molar-refractivity contribution is 9.10. The monoisotopic (exact) mass is 250 g/mol. The molecule has 1 rings (SSSR count). The molecule has 1 atom stereocenters. The van der Waals surface area contributed by atoms with Crippen LogP contribution in [0.15, 0.2) is 15.9 Å². The largest absolute Gasteiger partial charge is 0.467 e. The van der Waals surface area contributed by atoms with Gasteiger partial charge in [-0.25, -0.2) is 4.79 Å². The minimum absolute atomic E-state index is 0.578. The van der Waals surface area contributed by atoms with Crippen molar-refractivity contribution in [2.75, 3.05) is 7.11 Å². The molecular formula is C7H7BrO3S. The molecule has 0 aromatic carbocycles. The molecule has 66 valence electrons. The van der Waals surface area contributed by atoms with E-state index in [2.05, 4.69) is 20.7 Å². The fourth-order valence-corrected chi connectivity index (χ4v) is 2.11. The summed E-state index contributed by atoms with van der Waals surface area (Å²) in [7, 11) is 1.24. The molecule has 0 amide bonds. The molecule has 12 heavy (non-hydrogen) atoms. The highest BCUT2D eigenvalue weighted by atomic mass is 79.9. The van der Waals surface area contributed by atoms with Crippen LogP contribution in [-0.4, -0.2) is 18.2 Å². The molecule has 0 fully saturated rings. The van der Waals surface area contributed by atoms with Crippen molar-refractivity contribution in [2.45, 2.75) is 6.10 Å². The van der Waals surface area contributed by atoms with Gasteiger partial charge in [0.05, 0.1) is 7.11 Å². The molecule has 1 aromatic rings. The normalized spacial score (nSPS) is 12.6. The van der Waals surface area contributed by atoms with Crippen LogP contribution in [0.4, 0.5) is 0 Å². The predicted molar refractivity (Wildman–Crippen MR) is 49.0 cm³/mol. The molecule has 0 radical (unpaired) electrons. The van der Waals surface area contributed by atoms with Crippen molar-refractivity contribution >= 4 is 33.2 Å². The Morgan fingerprint density at radius 1 is 1.83 bits per heavy atom. The zero-order chi connectivity index (χ0) is 9.14. The van der Waals surface area contributed by atoms with Crippen molar-refractivity contribution < 1.29 is 14.6 Å². The number of carbonyl (C=O) groups excluding carboxylic acids is 1. The zero-order valence-corrected chi connectivity index (χ0v) is 8.68. The number of hydrogen-bond donors (Lipinski definition) is 1. The lowest BCUT2D eigenvalue weighted by Crippen LogP contribution is -2.11. The Morgan fingerprint density at radius 3 is 2.92 bits per heavy atom. The van der Waals surface area contributed by atoms with Gasteiger partial charge in [-0.1, -0.05) is 0 Å². The maximum atomic E-state index is 10.8. The Hall–Kier alpha value is -0.390. The lowest BCUT2D eigenvalue weighted by atomic mass is 10.3. The average molecular weight is 251 g/mol. The van der Waals surface area contributed by atoms with Crippen LogP contribution < -0.4 is 0 Å². The van der Waals surface area contributed by atoms with E-state index in [1.807, 2.05) is 0 Å². The topological polar surface area (TPSA) is 46.5 Å². The highest BCUT2D eigenvalue weighted by Crippen LogP contribution is 2.25. The molecule has 1 N–H and O–H groups in total.